The van der Waals surface area contributed by atoms with E-state index in [-0.39, 0.29) is 5.91 Å². The first kappa shape index (κ1) is 14.5. The third kappa shape index (κ3) is 3.80. The standard InChI is InChI=1S/C15H21BrN2O/c1-2-3-8-17-9-11-18(12-10-17)15(19)13-6-4-5-7-14(13)16/h4-7H,2-3,8-12H2,1H3. The summed E-state index contributed by atoms with van der Waals surface area (Å²) in [5, 5.41) is 0. The van der Waals surface area contributed by atoms with E-state index >= 15 is 0 Å². The van der Waals surface area contributed by atoms with Crippen molar-refractivity contribution in [3.8, 4) is 0 Å². The predicted octanol–water partition coefficient (Wildman–Crippen LogP) is 3.01. The van der Waals surface area contributed by atoms with Crippen LogP contribution in [0.5, 0.6) is 0 Å². The third-order valence-electron chi connectivity index (χ3n) is 3.59. The van der Waals surface area contributed by atoms with Crippen molar-refractivity contribution in [2.24, 2.45) is 0 Å². The SMILES string of the molecule is CCCCN1CCN(C(=O)c2ccccc2Br)CC1. The van der Waals surface area contributed by atoms with Gasteiger partial charge >= 0.3 is 0 Å². The van der Waals surface area contributed by atoms with Crippen LogP contribution in [0.1, 0.15) is 30.1 Å². The fourth-order valence-corrected chi connectivity index (χ4v) is 2.82. The monoisotopic (exact) mass is 324 g/mol. The smallest absolute Gasteiger partial charge is 0.255 e. The summed E-state index contributed by atoms with van der Waals surface area (Å²) in [7, 11) is 0. The summed E-state index contributed by atoms with van der Waals surface area (Å²) in [6.45, 7) is 7.04. The second-order valence-electron chi connectivity index (χ2n) is 4.97. The number of rotatable bonds is 4. The van der Waals surface area contributed by atoms with Crippen LogP contribution in [0.15, 0.2) is 28.7 Å². The Labute approximate surface area is 123 Å². The van der Waals surface area contributed by atoms with Crippen LogP contribution in [0.25, 0.3) is 0 Å². The molecule has 0 bridgehead atoms. The average Bonchev–Trinajstić information content (AvgIpc) is 2.45. The molecule has 2 rings (SSSR count). The molecule has 19 heavy (non-hydrogen) atoms. The summed E-state index contributed by atoms with van der Waals surface area (Å²) >= 11 is 3.45. The van der Waals surface area contributed by atoms with Crippen molar-refractivity contribution in [2.75, 3.05) is 32.7 Å². The Hall–Kier alpha value is -0.870. The van der Waals surface area contributed by atoms with Gasteiger partial charge in [-0.15, -0.1) is 0 Å². The van der Waals surface area contributed by atoms with Gasteiger partial charge in [0, 0.05) is 30.7 Å². The topological polar surface area (TPSA) is 23.6 Å². The van der Waals surface area contributed by atoms with Crippen molar-refractivity contribution >= 4 is 21.8 Å². The van der Waals surface area contributed by atoms with Crippen LogP contribution in [-0.2, 0) is 0 Å². The van der Waals surface area contributed by atoms with Crippen LogP contribution in [0.4, 0.5) is 0 Å². The van der Waals surface area contributed by atoms with E-state index in [0.29, 0.717) is 0 Å². The van der Waals surface area contributed by atoms with Crippen LogP contribution in [0.2, 0.25) is 0 Å². The van der Waals surface area contributed by atoms with Crippen molar-refractivity contribution < 1.29 is 4.79 Å². The van der Waals surface area contributed by atoms with Gasteiger partial charge < -0.3 is 4.90 Å². The predicted molar refractivity (Wildman–Crippen MR) is 81.4 cm³/mol. The largest absolute Gasteiger partial charge is 0.336 e. The fraction of sp³-hybridized carbons (Fsp3) is 0.533. The van der Waals surface area contributed by atoms with Crippen molar-refractivity contribution in [2.45, 2.75) is 19.8 Å². The van der Waals surface area contributed by atoms with Gasteiger partial charge in [-0.3, -0.25) is 9.69 Å². The van der Waals surface area contributed by atoms with E-state index in [0.717, 1.165) is 42.8 Å². The summed E-state index contributed by atoms with van der Waals surface area (Å²) in [6, 6.07) is 7.65. The van der Waals surface area contributed by atoms with Crippen LogP contribution >= 0.6 is 15.9 Å². The molecular weight excluding hydrogens is 304 g/mol. The molecule has 1 aromatic rings. The zero-order valence-corrected chi connectivity index (χ0v) is 13.0. The first-order chi connectivity index (χ1) is 9.22. The zero-order chi connectivity index (χ0) is 13.7. The van der Waals surface area contributed by atoms with Gasteiger partial charge in [-0.1, -0.05) is 25.5 Å². The lowest BCUT2D eigenvalue weighted by molar-refractivity contribution is 0.0635. The molecule has 104 valence electrons. The van der Waals surface area contributed by atoms with E-state index in [1.165, 1.54) is 12.8 Å². The third-order valence-corrected chi connectivity index (χ3v) is 4.28. The lowest BCUT2D eigenvalue weighted by Crippen LogP contribution is -2.48. The quantitative estimate of drug-likeness (QED) is 0.850. The first-order valence-electron chi connectivity index (χ1n) is 6.98. The fourth-order valence-electron chi connectivity index (χ4n) is 2.36. The van der Waals surface area contributed by atoms with Gasteiger partial charge in [0.25, 0.3) is 5.91 Å². The summed E-state index contributed by atoms with van der Waals surface area (Å²) in [6.07, 6.45) is 2.48. The number of carbonyl (C=O) groups is 1. The highest BCUT2D eigenvalue weighted by Crippen LogP contribution is 2.18. The van der Waals surface area contributed by atoms with E-state index in [1.807, 2.05) is 29.2 Å². The highest BCUT2D eigenvalue weighted by atomic mass is 79.9. The van der Waals surface area contributed by atoms with E-state index in [1.54, 1.807) is 0 Å². The number of carbonyl (C=O) groups excluding carboxylic acids is 1. The van der Waals surface area contributed by atoms with Crippen LogP contribution in [-0.4, -0.2) is 48.4 Å². The molecular formula is C15H21BrN2O. The van der Waals surface area contributed by atoms with E-state index in [2.05, 4.69) is 27.8 Å². The molecule has 0 radical (unpaired) electrons. The Kier molecular flexibility index (Phi) is 5.40. The van der Waals surface area contributed by atoms with Gasteiger partial charge in [-0.2, -0.15) is 0 Å². The molecule has 1 saturated heterocycles. The van der Waals surface area contributed by atoms with Gasteiger partial charge in [-0.05, 0) is 41.0 Å². The van der Waals surface area contributed by atoms with E-state index in [4.69, 9.17) is 0 Å². The molecule has 1 aliphatic rings. The van der Waals surface area contributed by atoms with Crippen LogP contribution < -0.4 is 0 Å². The second kappa shape index (κ2) is 7.06. The number of unbranched alkanes of at least 4 members (excludes halogenated alkanes) is 1. The molecule has 1 aromatic carbocycles. The Morgan fingerprint density at radius 1 is 1.21 bits per heavy atom. The molecule has 1 heterocycles. The molecule has 0 aromatic heterocycles. The minimum absolute atomic E-state index is 0.141. The summed E-state index contributed by atoms with van der Waals surface area (Å²) < 4.78 is 0.883. The molecule has 0 N–H and O–H groups in total. The molecule has 4 heteroatoms. The normalized spacial score (nSPS) is 16.6. The Bertz CT molecular complexity index is 428. The average molecular weight is 325 g/mol. The van der Waals surface area contributed by atoms with Crippen LogP contribution in [0, 0.1) is 0 Å². The zero-order valence-electron chi connectivity index (χ0n) is 11.4. The van der Waals surface area contributed by atoms with E-state index in [9.17, 15) is 4.79 Å². The maximum atomic E-state index is 12.4. The highest BCUT2D eigenvalue weighted by Gasteiger charge is 2.22. The number of amides is 1. The molecule has 0 unspecified atom stereocenters. The highest BCUT2D eigenvalue weighted by molar-refractivity contribution is 9.10. The lowest BCUT2D eigenvalue weighted by atomic mass is 10.2. The number of piperazine rings is 1. The Morgan fingerprint density at radius 3 is 2.53 bits per heavy atom. The maximum absolute atomic E-state index is 12.4. The molecule has 0 saturated carbocycles. The van der Waals surface area contributed by atoms with Crippen molar-refractivity contribution in [3.63, 3.8) is 0 Å². The Morgan fingerprint density at radius 2 is 1.89 bits per heavy atom. The molecule has 0 atom stereocenters. The number of nitrogens with zero attached hydrogens (tertiary/aromatic N) is 2. The van der Waals surface area contributed by atoms with Crippen molar-refractivity contribution in [1.29, 1.82) is 0 Å². The van der Waals surface area contributed by atoms with Gasteiger partial charge in [0.2, 0.25) is 0 Å². The summed E-state index contributed by atoms with van der Waals surface area (Å²) in [4.78, 5) is 16.8. The first-order valence-corrected chi connectivity index (χ1v) is 7.78. The molecule has 0 aliphatic carbocycles. The minimum atomic E-state index is 0.141. The minimum Gasteiger partial charge on any atom is -0.336 e. The molecule has 1 aliphatic heterocycles. The van der Waals surface area contributed by atoms with Gasteiger partial charge in [0.1, 0.15) is 0 Å². The summed E-state index contributed by atoms with van der Waals surface area (Å²) in [5.74, 6) is 0.141. The van der Waals surface area contributed by atoms with Gasteiger partial charge in [0.15, 0.2) is 0 Å². The number of hydrogen-bond acceptors (Lipinski definition) is 2. The van der Waals surface area contributed by atoms with E-state index < -0.39 is 0 Å². The molecule has 1 amide bonds. The summed E-state index contributed by atoms with van der Waals surface area (Å²) in [5.41, 5.74) is 0.768. The van der Waals surface area contributed by atoms with Gasteiger partial charge in [0.05, 0.1) is 5.56 Å². The molecule has 1 fully saturated rings. The number of hydrogen-bond donors (Lipinski definition) is 0. The van der Waals surface area contributed by atoms with Crippen LogP contribution in [0.3, 0.4) is 0 Å². The molecule has 0 spiro atoms. The second-order valence-corrected chi connectivity index (χ2v) is 5.82. The lowest BCUT2D eigenvalue weighted by Gasteiger charge is -2.34. The Balaban J connectivity index is 1.91. The number of halogens is 1. The number of benzene rings is 1. The van der Waals surface area contributed by atoms with Gasteiger partial charge in [-0.25, -0.2) is 0 Å². The molecule has 3 nitrogen and oxygen atoms in total. The maximum Gasteiger partial charge on any atom is 0.255 e. The van der Waals surface area contributed by atoms with Crippen molar-refractivity contribution in [1.82, 2.24) is 9.80 Å². The van der Waals surface area contributed by atoms with Crippen molar-refractivity contribution in [3.05, 3.63) is 34.3 Å².